The minimum absolute atomic E-state index is 0.0115. The summed E-state index contributed by atoms with van der Waals surface area (Å²) in [5.41, 5.74) is -0.0883. The van der Waals surface area contributed by atoms with Crippen LogP contribution in [0.15, 0.2) is 65.9 Å². The first kappa shape index (κ1) is 33.4. The molecule has 0 spiro atoms. The number of anilines is 1. The Labute approximate surface area is 261 Å². The van der Waals surface area contributed by atoms with Crippen molar-refractivity contribution in [2.75, 3.05) is 33.5 Å². The van der Waals surface area contributed by atoms with Gasteiger partial charge in [0.05, 0.1) is 36.6 Å². The number of halogens is 3. The van der Waals surface area contributed by atoms with Gasteiger partial charge in [-0.2, -0.15) is 0 Å². The summed E-state index contributed by atoms with van der Waals surface area (Å²) in [6.07, 6.45) is 3.32. The second-order valence-electron chi connectivity index (χ2n) is 10.7. The molecule has 15 heteroatoms. The standard InChI is InChI=1S/C31H32F3N7O5/c1-38(2)28(42)8-6-5-7-26(46-31(45)39(3)4)29(43)37-24-15-35-18-40(30(24)44)17-27-36-23-14-21(33)11-12-25(23)41(27)16-19-9-10-20(32)13-22(19)34/h6,8-15,18,26H,5,7,16-17H2,1-4H3,(H,37,43)/b8-6+. The van der Waals surface area contributed by atoms with Crippen molar-refractivity contribution in [3.8, 4) is 0 Å². The largest absolute Gasteiger partial charge is 0.436 e. The van der Waals surface area contributed by atoms with E-state index in [1.807, 2.05) is 0 Å². The predicted octanol–water partition coefficient (Wildman–Crippen LogP) is 3.54. The first-order valence-electron chi connectivity index (χ1n) is 14.0. The molecule has 0 fully saturated rings. The SMILES string of the molecule is CN(C)C(=O)/C=C/CCC(OC(=O)N(C)C)C(=O)Nc1cncn(Cc2nc3cc(F)ccc3n2Cc2ccc(F)cc2F)c1=O. The van der Waals surface area contributed by atoms with Crippen LogP contribution in [0.5, 0.6) is 0 Å². The fourth-order valence-corrected chi connectivity index (χ4v) is 4.34. The molecule has 2 heterocycles. The van der Waals surface area contributed by atoms with Crippen LogP contribution in [-0.4, -0.2) is 81.1 Å². The summed E-state index contributed by atoms with van der Waals surface area (Å²) in [5, 5.41) is 2.46. The Kier molecular flexibility index (Phi) is 10.6. The van der Waals surface area contributed by atoms with Crippen LogP contribution >= 0.6 is 0 Å². The highest BCUT2D eigenvalue weighted by Gasteiger charge is 2.25. The number of benzene rings is 2. The Balaban J connectivity index is 1.60. The number of rotatable bonds is 11. The molecule has 0 aliphatic rings. The maximum atomic E-state index is 14.6. The van der Waals surface area contributed by atoms with Gasteiger partial charge in [0.1, 0.15) is 29.0 Å². The molecule has 0 saturated heterocycles. The van der Waals surface area contributed by atoms with Crippen LogP contribution in [0.4, 0.5) is 23.7 Å². The maximum Gasteiger partial charge on any atom is 0.410 e. The summed E-state index contributed by atoms with van der Waals surface area (Å²) in [5.74, 6) is -2.91. The predicted molar refractivity (Wildman–Crippen MR) is 162 cm³/mol. The summed E-state index contributed by atoms with van der Waals surface area (Å²) < 4.78 is 50.1. The summed E-state index contributed by atoms with van der Waals surface area (Å²) >= 11 is 0. The molecule has 0 radical (unpaired) electrons. The lowest BCUT2D eigenvalue weighted by atomic mass is 10.1. The number of allylic oxidation sites excluding steroid dienone is 1. The second-order valence-corrected chi connectivity index (χ2v) is 10.7. The molecular formula is C31H32F3N7O5. The van der Waals surface area contributed by atoms with E-state index in [1.54, 1.807) is 24.7 Å². The maximum absolute atomic E-state index is 14.6. The zero-order valence-corrected chi connectivity index (χ0v) is 25.5. The lowest BCUT2D eigenvalue weighted by molar-refractivity contribution is -0.125. The third kappa shape index (κ3) is 8.16. The third-order valence-corrected chi connectivity index (χ3v) is 6.80. The number of aromatic nitrogens is 4. The highest BCUT2D eigenvalue weighted by molar-refractivity contribution is 5.95. The minimum Gasteiger partial charge on any atom is -0.436 e. The van der Waals surface area contributed by atoms with Crippen LogP contribution in [0.3, 0.4) is 0 Å². The first-order valence-corrected chi connectivity index (χ1v) is 14.0. The molecule has 2 aromatic heterocycles. The van der Waals surface area contributed by atoms with Gasteiger partial charge < -0.3 is 24.4 Å². The van der Waals surface area contributed by atoms with Gasteiger partial charge in [-0.05, 0) is 37.1 Å². The number of nitrogens with zero attached hydrogens (tertiary/aromatic N) is 6. The lowest BCUT2D eigenvalue weighted by Crippen LogP contribution is -2.37. The number of amides is 3. The van der Waals surface area contributed by atoms with Gasteiger partial charge in [0, 0.05) is 45.9 Å². The molecule has 0 aliphatic heterocycles. The van der Waals surface area contributed by atoms with Crippen LogP contribution in [-0.2, 0) is 27.4 Å². The summed E-state index contributed by atoms with van der Waals surface area (Å²) in [6.45, 7) is -0.311. The molecule has 0 aliphatic carbocycles. The molecule has 3 amide bonds. The summed E-state index contributed by atoms with van der Waals surface area (Å²) in [4.78, 5) is 61.7. The first-order chi connectivity index (χ1) is 21.8. The van der Waals surface area contributed by atoms with Gasteiger partial charge in [-0.3, -0.25) is 19.0 Å². The highest BCUT2D eigenvalue weighted by Crippen LogP contribution is 2.21. The van der Waals surface area contributed by atoms with Crippen molar-refractivity contribution in [1.29, 1.82) is 0 Å². The van der Waals surface area contributed by atoms with Gasteiger partial charge in [0.25, 0.3) is 11.5 Å². The molecule has 12 nitrogen and oxygen atoms in total. The zero-order valence-electron chi connectivity index (χ0n) is 25.5. The van der Waals surface area contributed by atoms with Crippen molar-refractivity contribution in [3.05, 3.63) is 100 Å². The molecule has 242 valence electrons. The Morgan fingerprint density at radius 2 is 1.72 bits per heavy atom. The summed E-state index contributed by atoms with van der Waals surface area (Å²) in [7, 11) is 6.06. The van der Waals surface area contributed by atoms with E-state index in [0.717, 1.165) is 27.8 Å². The number of nitrogens with one attached hydrogen (secondary N) is 1. The minimum atomic E-state index is -1.31. The monoisotopic (exact) mass is 639 g/mol. The van der Waals surface area contributed by atoms with Crippen LogP contribution in [0.1, 0.15) is 24.2 Å². The fourth-order valence-electron chi connectivity index (χ4n) is 4.34. The van der Waals surface area contributed by atoms with E-state index in [-0.39, 0.29) is 54.4 Å². The van der Waals surface area contributed by atoms with E-state index in [1.165, 1.54) is 55.7 Å². The normalized spacial score (nSPS) is 11.9. The van der Waals surface area contributed by atoms with Crippen LogP contribution in [0, 0.1) is 17.5 Å². The van der Waals surface area contributed by atoms with Crippen molar-refractivity contribution in [2.24, 2.45) is 0 Å². The molecule has 4 aromatic rings. The molecule has 0 bridgehead atoms. The van der Waals surface area contributed by atoms with E-state index in [4.69, 9.17) is 4.74 Å². The fraction of sp³-hybridized carbons (Fsp3) is 0.290. The zero-order chi connectivity index (χ0) is 33.5. The van der Waals surface area contributed by atoms with Gasteiger partial charge in [0.2, 0.25) is 5.91 Å². The molecule has 1 N–H and O–H groups in total. The number of hydrogen-bond acceptors (Lipinski definition) is 7. The van der Waals surface area contributed by atoms with Gasteiger partial charge in [-0.15, -0.1) is 0 Å². The highest BCUT2D eigenvalue weighted by atomic mass is 19.1. The number of carbonyl (C=O) groups is 3. The van der Waals surface area contributed by atoms with E-state index >= 15 is 0 Å². The third-order valence-electron chi connectivity index (χ3n) is 6.80. The van der Waals surface area contributed by atoms with Gasteiger partial charge in [-0.1, -0.05) is 12.1 Å². The van der Waals surface area contributed by atoms with Crippen molar-refractivity contribution in [2.45, 2.75) is 32.0 Å². The Bertz CT molecular complexity index is 1850. The van der Waals surface area contributed by atoms with Gasteiger partial charge >= 0.3 is 6.09 Å². The average molecular weight is 640 g/mol. The van der Waals surface area contributed by atoms with E-state index < -0.39 is 41.1 Å². The number of hydrogen-bond donors (Lipinski definition) is 1. The Morgan fingerprint density at radius 3 is 2.41 bits per heavy atom. The van der Waals surface area contributed by atoms with Gasteiger partial charge in [0.15, 0.2) is 6.10 Å². The van der Waals surface area contributed by atoms with E-state index in [2.05, 4.69) is 15.3 Å². The molecule has 0 saturated carbocycles. The van der Waals surface area contributed by atoms with Gasteiger partial charge in [-0.25, -0.2) is 27.9 Å². The molecular weight excluding hydrogens is 607 g/mol. The molecule has 1 unspecified atom stereocenters. The lowest BCUT2D eigenvalue weighted by Gasteiger charge is -2.19. The Hall–Kier alpha value is -5.47. The van der Waals surface area contributed by atoms with Crippen LogP contribution < -0.4 is 10.9 Å². The van der Waals surface area contributed by atoms with Crippen molar-refractivity contribution in [1.82, 2.24) is 28.9 Å². The quantitative estimate of drug-likeness (QED) is 0.249. The number of fused-ring (bicyclic) bond motifs is 1. The summed E-state index contributed by atoms with van der Waals surface area (Å²) in [6, 6.07) is 7.00. The number of carbonyl (C=O) groups excluding carboxylic acids is 3. The number of ether oxygens (including phenoxy) is 1. The molecule has 1 atom stereocenters. The van der Waals surface area contributed by atoms with Crippen LogP contribution in [0.2, 0.25) is 0 Å². The van der Waals surface area contributed by atoms with E-state index in [9.17, 15) is 32.3 Å². The Morgan fingerprint density at radius 1 is 1.00 bits per heavy atom. The van der Waals surface area contributed by atoms with Crippen LogP contribution in [0.25, 0.3) is 11.0 Å². The van der Waals surface area contributed by atoms with Crippen molar-refractivity contribution in [3.63, 3.8) is 0 Å². The number of likely N-dealkylation sites (N-methyl/N-ethyl adjacent to an activating group) is 1. The average Bonchev–Trinajstić information content (AvgIpc) is 3.32. The van der Waals surface area contributed by atoms with E-state index in [0.29, 0.717) is 5.52 Å². The second kappa shape index (κ2) is 14.5. The smallest absolute Gasteiger partial charge is 0.410 e. The number of imidazole rings is 1. The topological polar surface area (TPSA) is 132 Å². The molecule has 46 heavy (non-hydrogen) atoms. The van der Waals surface area contributed by atoms with Crippen molar-refractivity contribution < 1.29 is 32.3 Å². The van der Waals surface area contributed by atoms with Crippen molar-refractivity contribution >= 4 is 34.6 Å². The molecule has 4 rings (SSSR count). The molecule has 2 aromatic carbocycles.